The Balaban J connectivity index is 1.88. The summed E-state index contributed by atoms with van der Waals surface area (Å²) in [5.74, 6) is -0.322. The van der Waals surface area contributed by atoms with Crippen molar-refractivity contribution in [1.82, 2.24) is 9.88 Å². The first-order chi connectivity index (χ1) is 8.16. The number of hydrogen-bond donors (Lipinski definition) is 1. The van der Waals surface area contributed by atoms with E-state index in [2.05, 4.69) is 4.98 Å². The zero-order valence-electron chi connectivity index (χ0n) is 9.50. The first-order valence-electron chi connectivity index (χ1n) is 5.65. The number of carbonyl (C=O) groups is 2. The van der Waals surface area contributed by atoms with Gasteiger partial charge in [-0.05, 0) is 18.6 Å². The lowest BCUT2D eigenvalue weighted by molar-refractivity contribution is -0.141. The van der Waals surface area contributed by atoms with E-state index in [4.69, 9.17) is 5.73 Å². The summed E-state index contributed by atoms with van der Waals surface area (Å²) in [6.45, 7) is 0.347. The van der Waals surface area contributed by atoms with Gasteiger partial charge in [-0.2, -0.15) is 0 Å². The fourth-order valence-electron chi connectivity index (χ4n) is 1.89. The summed E-state index contributed by atoms with van der Waals surface area (Å²) in [5, 5.41) is 0. The molecule has 1 aromatic rings. The molecule has 2 N–H and O–H groups in total. The molecule has 5 nitrogen and oxygen atoms in total. The third kappa shape index (κ3) is 2.88. The predicted octanol–water partition coefficient (Wildman–Crippen LogP) is 0.100. The quantitative estimate of drug-likeness (QED) is 0.803. The highest BCUT2D eigenvalue weighted by Gasteiger charge is 2.31. The van der Waals surface area contributed by atoms with Crippen molar-refractivity contribution in [1.29, 1.82) is 0 Å². The molecule has 1 fully saturated rings. The van der Waals surface area contributed by atoms with Gasteiger partial charge in [0.2, 0.25) is 11.8 Å². The monoisotopic (exact) mass is 233 g/mol. The number of imide groups is 1. The maximum atomic E-state index is 11.8. The van der Waals surface area contributed by atoms with Gasteiger partial charge < -0.3 is 5.73 Å². The van der Waals surface area contributed by atoms with Gasteiger partial charge in [-0.15, -0.1) is 0 Å². The van der Waals surface area contributed by atoms with E-state index in [9.17, 15) is 9.59 Å². The zero-order chi connectivity index (χ0) is 12.3. The van der Waals surface area contributed by atoms with Crippen LogP contribution in [0.15, 0.2) is 24.4 Å². The van der Waals surface area contributed by atoms with Crippen LogP contribution in [0.3, 0.4) is 0 Å². The second-order valence-corrected chi connectivity index (χ2v) is 4.18. The molecule has 2 heterocycles. The van der Waals surface area contributed by atoms with E-state index >= 15 is 0 Å². The molecule has 1 aromatic heterocycles. The van der Waals surface area contributed by atoms with E-state index in [1.165, 1.54) is 4.90 Å². The number of aromatic nitrogens is 1. The first-order valence-corrected chi connectivity index (χ1v) is 5.65. The van der Waals surface area contributed by atoms with E-state index in [0.29, 0.717) is 19.4 Å². The number of hydrogen-bond acceptors (Lipinski definition) is 4. The standard InChI is InChI=1S/C12H15N3O2/c13-9-7-12(17)15(8-9)11(16)5-4-10-3-1-2-6-14-10/h1-3,6,9H,4-5,7-8,13H2. The molecule has 0 radical (unpaired) electrons. The minimum absolute atomic E-state index is 0.159. The van der Waals surface area contributed by atoms with Gasteiger partial charge in [0.1, 0.15) is 0 Å². The van der Waals surface area contributed by atoms with Gasteiger partial charge >= 0.3 is 0 Å². The van der Waals surface area contributed by atoms with Crippen molar-refractivity contribution in [2.45, 2.75) is 25.3 Å². The average molecular weight is 233 g/mol. The number of rotatable bonds is 3. The van der Waals surface area contributed by atoms with Crippen LogP contribution in [0.2, 0.25) is 0 Å². The van der Waals surface area contributed by atoms with Crippen LogP contribution in [0, 0.1) is 0 Å². The Morgan fingerprint density at radius 2 is 2.35 bits per heavy atom. The molecule has 1 aliphatic rings. The van der Waals surface area contributed by atoms with Gasteiger partial charge in [0, 0.05) is 37.3 Å². The van der Waals surface area contributed by atoms with Crippen molar-refractivity contribution in [3.63, 3.8) is 0 Å². The number of carbonyl (C=O) groups excluding carboxylic acids is 2. The fourth-order valence-corrected chi connectivity index (χ4v) is 1.89. The van der Waals surface area contributed by atoms with Crippen LogP contribution in [-0.4, -0.2) is 34.3 Å². The minimum Gasteiger partial charge on any atom is -0.326 e. The molecule has 0 aromatic carbocycles. The third-order valence-electron chi connectivity index (χ3n) is 2.78. The first kappa shape index (κ1) is 11.7. The molecule has 0 bridgehead atoms. The highest BCUT2D eigenvalue weighted by molar-refractivity contribution is 5.97. The lowest BCUT2D eigenvalue weighted by Crippen LogP contribution is -2.34. The molecule has 2 rings (SSSR count). The van der Waals surface area contributed by atoms with Crippen LogP contribution in [0.25, 0.3) is 0 Å². The molecule has 2 amide bonds. The van der Waals surface area contributed by atoms with Gasteiger partial charge in [0.25, 0.3) is 0 Å². The molecular formula is C12H15N3O2. The normalized spacial score (nSPS) is 19.7. The molecule has 5 heteroatoms. The van der Waals surface area contributed by atoms with Crippen LogP contribution in [0.5, 0.6) is 0 Å². The number of amides is 2. The summed E-state index contributed by atoms with van der Waals surface area (Å²) < 4.78 is 0. The van der Waals surface area contributed by atoms with Crippen molar-refractivity contribution in [2.24, 2.45) is 5.73 Å². The SMILES string of the molecule is NC1CC(=O)N(C(=O)CCc2ccccn2)C1. The smallest absolute Gasteiger partial charge is 0.230 e. The van der Waals surface area contributed by atoms with Crippen LogP contribution < -0.4 is 5.73 Å². The largest absolute Gasteiger partial charge is 0.326 e. The summed E-state index contributed by atoms with van der Waals surface area (Å²) >= 11 is 0. The van der Waals surface area contributed by atoms with Gasteiger partial charge in [-0.1, -0.05) is 6.07 Å². The summed E-state index contributed by atoms with van der Waals surface area (Å²) in [5.41, 5.74) is 6.49. The average Bonchev–Trinajstić information content (AvgIpc) is 2.67. The molecule has 0 saturated carbocycles. The molecule has 17 heavy (non-hydrogen) atoms. The highest BCUT2D eigenvalue weighted by atomic mass is 16.2. The second kappa shape index (κ2) is 5.05. The van der Waals surface area contributed by atoms with E-state index < -0.39 is 0 Å². The maximum Gasteiger partial charge on any atom is 0.230 e. The Morgan fingerprint density at radius 3 is 2.94 bits per heavy atom. The predicted molar refractivity (Wildman–Crippen MR) is 61.9 cm³/mol. The molecule has 0 spiro atoms. The van der Waals surface area contributed by atoms with Crippen molar-refractivity contribution >= 4 is 11.8 Å². The fraction of sp³-hybridized carbons (Fsp3) is 0.417. The molecule has 0 aliphatic carbocycles. The Bertz CT molecular complexity index is 419. The number of likely N-dealkylation sites (tertiary alicyclic amines) is 1. The third-order valence-corrected chi connectivity index (χ3v) is 2.78. The van der Waals surface area contributed by atoms with Crippen molar-refractivity contribution < 1.29 is 9.59 Å². The van der Waals surface area contributed by atoms with Gasteiger partial charge in [-0.25, -0.2) is 0 Å². The number of nitrogens with two attached hydrogens (primary N) is 1. The zero-order valence-corrected chi connectivity index (χ0v) is 9.50. The number of pyridine rings is 1. The Morgan fingerprint density at radius 1 is 1.53 bits per heavy atom. The molecule has 1 unspecified atom stereocenters. The van der Waals surface area contributed by atoms with Crippen LogP contribution >= 0.6 is 0 Å². The van der Waals surface area contributed by atoms with Crippen LogP contribution in [0.1, 0.15) is 18.5 Å². The van der Waals surface area contributed by atoms with Crippen molar-refractivity contribution in [3.8, 4) is 0 Å². The summed E-state index contributed by atoms with van der Waals surface area (Å²) in [7, 11) is 0. The van der Waals surface area contributed by atoms with Crippen molar-refractivity contribution in [3.05, 3.63) is 30.1 Å². The topological polar surface area (TPSA) is 76.3 Å². The van der Waals surface area contributed by atoms with Gasteiger partial charge in [-0.3, -0.25) is 19.5 Å². The Kier molecular flexibility index (Phi) is 3.49. The van der Waals surface area contributed by atoms with E-state index in [-0.39, 0.29) is 24.3 Å². The van der Waals surface area contributed by atoms with Crippen LogP contribution in [-0.2, 0) is 16.0 Å². The number of nitrogens with zero attached hydrogens (tertiary/aromatic N) is 2. The molecule has 90 valence electrons. The van der Waals surface area contributed by atoms with Gasteiger partial charge in [0.05, 0.1) is 0 Å². The minimum atomic E-state index is -0.207. The number of aryl methyl sites for hydroxylation is 1. The summed E-state index contributed by atoms with van der Waals surface area (Å²) in [6, 6.07) is 5.37. The van der Waals surface area contributed by atoms with E-state index in [1.807, 2.05) is 18.2 Å². The summed E-state index contributed by atoms with van der Waals surface area (Å²) in [6.07, 6.45) is 2.82. The summed E-state index contributed by atoms with van der Waals surface area (Å²) in [4.78, 5) is 28.6. The lowest BCUT2D eigenvalue weighted by atomic mass is 10.2. The van der Waals surface area contributed by atoms with E-state index in [0.717, 1.165) is 5.69 Å². The molecule has 1 saturated heterocycles. The maximum absolute atomic E-state index is 11.8. The van der Waals surface area contributed by atoms with Crippen molar-refractivity contribution in [2.75, 3.05) is 6.54 Å². The Hall–Kier alpha value is -1.75. The molecule has 1 aliphatic heterocycles. The second-order valence-electron chi connectivity index (χ2n) is 4.18. The lowest BCUT2D eigenvalue weighted by Gasteiger charge is -2.13. The molecule has 1 atom stereocenters. The van der Waals surface area contributed by atoms with Gasteiger partial charge in [0.15, 0.2) is 0 Å². The van der Waals surface area contributed by atoms with E-state index in [1.54, 1.807) is 6.20 Å². The Labute approximate surface area is 99.6 Å². The highest BCUT2D eigenvalue weighted by Crippen LogP contribution is 2.11. The molecular weight excluding hydrogens is 218 g/mol. The van der Waals surface area contributed by atoms with Crippen LogP contribution in [0.4, 0.5) is 0 Å².